The first-order valence-corrected chi connectivity index (χ1v) is 11.9. The van der Waals surface area contributed by atoms with Gasteiger partial charge in [-0.3, -0.25) is 9.10 Å². The van der Waals surface area contributed by atoms with Gasteiger partial charge in [-0.15, -0.1) is 11.8 Å². The molecule has 0 aromatic heterocycles. The summed E-state index contributed by atoms with van der Waals surface area (Å²) in [5.41, 5.74) is 2.52. The smallest absolute Gasteiger partial charge is 0.264 e. The molecule has 3 rings (SSSR count). The van der Waals surface area contributed by atoms with Gasteiger partial charge < -0.3 is 5.32 Å². The molecular formula is C23H24N2O3S2. The molecule has 0 aliphatic rings. The highest BCUT2D eigenvalue weighted by molar-refractivity contribution is 7.99. The Kier molecular flexibility index (Phi) is 6.84. The molecule has 3 aromatic carbocycles. The Bertz CT molecular complexity index is 1140. The topological polar surface area (TPSA) is 66.5 Å². The van der Waals surface area contributed by atoms with Crippen molar-refractivity contribution in [3.63, 3.8) is 0 Å². The van der Waals surface area contributed by atoms with E-state index in [2.05, 4.69) is 12.2 Å². The fraction of sp³-hybridized carbons (Fsp3) is 0.174. The van der Waals surface area contributed by atoms with Crippen LogP contribution in [0.25, 0.3) is 0 Å². The normalized spacial score (nSPS) is 11.2. The molecule has 156 valence electrons. The summed E-state index contributed by atoms with van der Waals surface area (Å²) in [4.78, 5) is 14.0. The van der Waals surface area contributed by atoms with Gasteiger partial charge >= 0.3 is 0 Å². The molecule has 0 fully saturated rings. The van der Waals surface area contributed by atoms with E-state index in [1.807, 2.05) is 31.2 Å². The van der Waals surface area contributed by atoms with Gasteiger partial charge in [0.25, 0.3) is 15.9 Å². The maximum atomic E-state index is 13.0. The molecule has 0 unspecified atom stereocenters. The van der Waals surface area contributed by atoms with Crippen molar-refractivity contribution in [3.8, 4) is 0 Å². The number of hydrogen-bond acceptors (Lipinski definition) is 4. The number of aryl methyl sites for hydroxylation is 1. The molecule has 0 bridgehead atoms. The minimum Gasteiger partial charge on any atom is -0.321 e. The summed E-state index contributed by atoms with van der Waals surface area (Å²) in [6.07, 6.45) is 0. The first-order valence-electron chi connectivity index (χ1n) is 9.51. The van der Waals surface area contributed by atoms with Crippen LogP contribution in [0.1, 0.15) is 22.8 Å². The second-order valence-electron chi connectivity index (χ2n) is 6.72. The highest BCUT2D eigenvalue weighted by Crippen LogP contribution is 2.28. The van der Waals surface area contributed by atoms with Gasteiger partial charge in [-0.2, -0.15) is 0 Å². The SMILES string of the molecule is CCSc1ccccc1NC(=O)c1cccc(N(C)S(=O)(=O)c2ccc(C)cc2)c1. The van der Waals surface area contributed by atoms with Gasteiger partial charge in [0, 0.05) is 17.5 Å². The quantitative estimate of drug-likeness (QED) is 0.514. The lowest BCUT2D eigenvalue weighted by Crippen LogP contribution is -2.27. The summed E-state index contributed by atoms with van der Waals surface area (Å²) in [5, 5.41) is 2.93. The molecule has 30 heavy (non-hydrogen) atoms. The number of nitrogens with zero attached hydrogens (tertiary/aromatic N) is 1. The van der Waals surface area contributed by atoms with Gasteiger partial charge in [0.1, 0.15) is 0 Å². The first-order chi connectivity index (χ1) is 14.3. The molecule has 0 aliphatic heterocycles. The van der Waals surface area contributed by atoms with Crippen LogP contribution >= 0.6 is 11.8 Å². The maximum Gasteiger partial charge on any atom is 0.264 e. The van der Waals surface area contributed by atoms with Crippen LogP contribution in [-0.2, 0) is 10.0 Å². The van der Waals surface area contributed by atoms with Crippen molar-refractivity contribution in [2.75, 3.05) is 22.4 Å². The Labute approximate surface area is 182 Å². The van der Waals surface area contributed by atoms with E-state index in [0.29, 0.717) is 11.3 Å². The van der Waals surface area contributed by atoms with Gasteiger partial charge in [0.15, 0.2) is 0 Å². The van der Waals surface area contributed by atoms with Gasteiger partial charge in [-0.25, -0.2) is 8.42 Å². The van der Waals surface area contributed by atoms with E-state index in [1.54, 1.807) is 60.3 Å². The number of sulfonamides is 1. The highest BCUT2D eigenvalue weighted by atomic mass is 32.2. The number of rotatable bonds is 7. The third kappa shape index (κ3) is 4.86. The predicted molar refractivity (Wildman–Crippen MR) is 124 cm³/mol. The van der Waals surface area contributed by atoms with Crippen LogP contribution in [0.5, 0.6) is 0 Å². The molecule has 5 nitrogen and oxygen atoms in total. The Hall–Kier alpha value is -2.77. The Morgan fingerprint density at radius 2 is 1.70 bits per heavy atom. The van der Waals surface area contributed by atoms with E-state index in [-0.39, 0.29) is 10.8 Å². The second-order valence-corrected chi connectivity index (χ2v) is 9.99. The number of carbonyl (C=O) groups is 1. The largest absolute Gasteiger partial charge is 0.321 e. The van der Waals surface area contributed by atoms with E-state index < -0.39 is 10.0 Å². The van der Waals surface area contributed by atoms with Crippen LogP contribution in [0, 0.1) is 6.92 Å². The zero-order valence-corrected chi connectivity index (χ0v) is 18.8. The number of carbonyl (C=O) groups excluding carboxylic acids is 1. The molecule has 0 atom stereocenters. The van der Waals surface area contributed by atoms with Crippen LogP contribution in [0.3, 0.4) is 0 Å². The van der Waals surface area contributed by atoms with Crippen LogP contribution in [-0.4, -0.2) is 27.1 Å². The average molecular weight is 441 g/mol. The van der Waals surface area contributed by atoms with E-state index in [0.717, 1.165) is 21.9 Å². The van der Waals surface area contributed by atoms with E-state index >= 15 is 0 Å². The fourth-order valence-corrected chi connectivity index (χ4v) is 4.84. The molecular weight excluding hydrogens is 416 g/mol. The number of amides is 1. The number of para-hydroxylation sites is 1. The molecule has 0 aliphatic carbocycles. The van der Waals surface area contributed by atoms with Crippen molar-refractivity contribution in [3.05, 3.63) is 83.9 Å². The van der Waals surface area contributed by atoms with Crippen molar-refractivity contribution in [1.82, 2.24) is 0 Å². The van der Waals surface area contributed by atoms with Crippen LogP contribution < -0.4 is 9.62 Å². The summed E-state index contributed by atoms with van der Waals surface area (Å²) in [7, 11) is -2.24. The maximum absolute atomic E-state index is 13.0. The monoisotopic (exact) mass is 440 g/mol. The zero-order valence-electron chi connectivity index (χ0n) is 17.1. The Morgan fingerprint density at radius 3 is 2.40 bits per heavy atom. The van der Waals surface area contributed by atoms with Gasteiger partial charge in [0.2, 0.25) is 0 Å². The van der Waals surface area contributed by atoms with Gasteiger partial charge in [-0.05, 0) is 55.1 Å². The molecule has 1 amide bonds. The number of benzene rings is 3. The van der Waals surface area contributed by atoms with Crippen molar-refractivity contribution in [2.24, 2.45) is 0 Å². The summed E-state index contributed by atoms with van der Waals surface area (Å²) in [6.45, 7) is 3.95. The molecule has 0 saturated heterocycles. The number of nitrogens with one attached hydrogen (secondary N) is 1. The minimum atomic E-state index is -3.73. The third-order valence-corrected chi connectivity index (χ3v) is 7.34. The van der Waals surface area contributed by atoms with Gasteiger partial charge in [0.05, 0.1) is 16.3 Å². The average Bonchev–Trinajstić information content (AvgIpc) is 2.75. The first kappa shape index (κ1) is 21.9. The van der Waals surface area contributed by atoms with E-state index in [4.69, 9.17) is 0 Å². The Balaban J connectivity index is 1.85. The van der Waals surface area contributed by atoms with Gasteiger partial charge in [-0.1, -0.05) is 42.8 Å². The molecule has 0 saturated carbocycles. The van der Waals surface area contributed by atoms with Crippen molar-refractivity contribution >= 4 is 39.1 Å². The highest BCUT2D eigenvalue weighted by Gasteiger charge is 2.22. The van der Waals surface area contributed by atoms with Crippen LogP contribution in [0.4, 0.5) is 11.4 Å². The second kappa shape index (κ2) is 9.36. The molecule has 0 radical (unpaired) electrons. The zero-order chi connectivity index (χ0) is 21.7. The standard InChI is InChI=1S/C23H24N2O3S2/c1-4-29-22-11-6-5-10-21(22)24-23(26)18-8-7-9-19(16-18)25(3)30(27,28)20-14-12-17(2)13-15-20/h5-16H,4H2,1-3H3,(H,24,26). The van der Waals surface area contributed by atoms with E-state index in [9.17, 15) is 13.2 Å². The van der Waals surface area contributed by atoms with Crippen LogP contribution in [0.2, 0.25) is 0 Å². The predicted octanol–water partition coefficient (Wildman–Crippen LogP) is 5.18. The van der Waals surface area contributed by atoms with Crippen molar-refractivity contribution < 1.29 is 13.2 Å². The fourth-order valence-electron chi connectivity index (χ4n) is 2.90. The summed E-state index contributed by atoms with van der Waals surface area (Å²) < 4.78 is 27.1. The lowest BCUT2D eigenvalue weighted by Gasteiger charge is -2.20. The molecule has 1 N–H and O–H groups in total. The third-order valence-electron chi connectivity index (χ3n) is 4.59. The number of thioether (sulfide) groups is 1. The lowest BCUT2D eigenvalue weighted by molar-refractivity contribution is 0.102. The molecule has 7 heteroatoms. The molecule has 0 heterocycles. The summed E-state index contributed by atoms with van der Waals surface area (Å²) in [5.74, 6) is 0.603. The summed E-state index contributed by atoms with van der Waals surface area (Å²) >= 11 is 1.65. The number of anilines is 2. The minimum absolute atomic E-state index is 0.205. The lowest BCUT2D eigenvalue weighted by atomic mass is 10.2. The molecule has 3 aromatic rings. The van der Waals surface area contributed by atoms with Crippen molar-refractivity contribution in [1.29, 1.82) is 0 Å². The van der Waals surface area contributed by atoms with Crippen LogP contribution in [0.15, 0.2) is 82.6 Å². The molecule has 0 spiro atoms. The number of hydrogen-bond donors (Lipinski definition) is 1. The summed E-state index contributed by atoms with van der Waals surface area (Å²) in [6, 6.07) is 20.9. The Morgan fingerprint density at radius 1 is 1.00 bits per heavy atom. The van der Waals surface area contributed by atoms with Crippen molar-refractivity contribution in [2.45, 2.75) is 23.6 Å². The van der Waals surface area contributed by atoms with E-state index in [1.165, 1.54) is 11.4 Å².